The molecule has 0 saturated carbocycles. The van der Waals surface area contributed by atoms with Crippen molar-refractivity contribution in [3.05, 3.63) is 87.1 Å². The predicted octanol–water partition coefficient (Wildman–Crippen LogP) is 4.95. The van der Waals surface area contributed by atoms with Gasteiger partial charge >= 0.3 is 0 Å². The third kappa shape index (κ3) is 5.34. The number of hydrogen-bond acceptors (Lipinski definition) is 3. The highest BCUT2D eigenvalue weighted by Crippen LogP contribution is 2.19. The first-order valence-corrected chi connectivity index (χ1v) is 9.24. The van der Waals surface area contributed by atoms with E-state index in [4.69, 9.17) is 16.3 Å². The highest BCUT2D eigenvalue weighted by Gasteiger charge is 2.09. The molecule has 0 spiro atoms. The van der Waals surface area contributed by atoms with Gasteiger partial charge in [0, 0.05) is 17.1 Å². The van der Waals surface area contributed by atoms with Crippen molar-refractivity contribution in [2.45, 2.75) is 13.0 Å². The molecule has 3 nitrogen and oxygen atoms in total. The van der Waals surface area contributed by atoms with Crippen LogP contribution < -0.4 is 10.1 Å². The van der Waals surface area contributed by atoms with Gasteiger partial charge in [0.25, 0.3) is 5.91 Å². The topological polar surface area (TPSA) is 38.3 Å². The second-order valence-corrected chi connectivity index (χ2v) is 6.90. The zero-order valence-corrected chi connectivity index (χ0v) is 15.1. The molecule has 5 heteroatoms. The van der Waals surface area contributed by atoms with Gasteiger partial charge < -0.3 is 10.1 Å². The van der Waals surface area contributed by atoms with Crippen LogP contribution in [0.2, 0.25) is 5.02 Å². The molecule has 3 aromatic rings. The highest BCUT2D eigenvalue weighted by molar-refractivity contribution is 7.12. The molecular formula is C20H18ClNO2S. The molecule has 3 rings (SSSR count). The molecule has 128 valence electrons. The van der Waals surface area contributed by atoms with Gasteiger partial charge in [-0.2, -0.15) is 0 Å². The van der Waals surface area contributed by atoms with E-state index in [2.05, 4.69) is 17.4 Å². The molecule has 0 fully saturated rings. The molecule has 1 amide bonds. The summed E-state index contributed by atoms with van der Waals surface area (Å²) >= 11 is 7.28. The minimum absolute atomic E-state index is 0.0429. The number of hydrogen-bond donors (Lipinski definition) is 1. The summed E-state index contributed by atoms with van der Waals surface area (Å²) in [5, 5.41) is 5.58. The minimum atomic E-state index is -0.0429. The molecule has 0 aliphatic heterocycles. The smallest absolute Gasteiger partial charge is 0.261 e. The fraction of sp³-hybridized carbons (Fsp3) is 0.150. The molecule has 0 aliphatic carbocycles. The number of halogens is 1. The molecule has 0 radical (unpaired) electrons. The lowest BCUT2D eigenvalue weighted by Crippen LogP contribution is -2.24. The highest BCUT2D eigenvalue weighted by atomic mass is 35.5. The van der Waals surface area contributed by atoms with E-state index in [1.54, 1.807) is 12.1 Å². The third-order valence-electron chi connectivity index (χ3n) is 3.64. The van der Waals surface area contributed by atoms with Crippen molar-refractivity contribution in [3.63, 3.8) is 0 Å². The van der Waals surface area contributed by atoms with E-state index in [1.807, 2.05) is 41.8 Å². The Morgan fingerprint density at radius 3 is 2.56 bits per heavy atom. The van der Waals surface area contributed by atoms with Gasteiger partial charge in [-0.1, -0.05) is 41.9 Å². The summed E-state index contributed by atoms with van der Waals surface area (Å²) < 4.78 is 5.70. The second kappa shape index (κ2) is 8.70. The van der Waals surface area contributed by atoms with Gasteiger partial charge in [0.2, 0.25) is 0 Å². The fourth-order valence-electron chi connectivity index (χ4n) is 2.32. The zero-order chi connectivity index (χ0) is 17.5. The van der Waals surface area contributed by atoms with Crippen molar-refractivity contribution in [2.75, 3.05) is 6.54 Å². The largest absolute Gasteiger partial charge is 0.489 e. The van der Waals surface area contributed by atoms with Crippen LogP contribution >= 0.6 is 22.9 Å². The van der Waals surface area contributed by atoms with Gasteiger partial charge in [-0.05, 0) is 47.7 Å². The van der Waals surface area contributed by atoms with Crippen molar-refractivity contribution in [3.8, 4) is 5.75 Å². The summed E-state index contributed by atoms with van der Waals surface area (Å²) in [5.41, 5.74) is 2.19. The Morgan fingerprint density at radius 2 is 1.80 bits per heavy atom. The molecule has 1 heterocycles. The number of rotatable bonds is 7. The van der Waals surface area contributed by atoms with Gasteiger partial charge in [-0.25, -0.2) is 0 Å². The molecule has 0 bridgehead atoms. The number of carbonyl (C=O) groups excluding carboxylic acids is 1. The van der Waals surface area contributed by atoms with Crippen LogP contribution in [0.3, 0.4) is 0 Å². The van der Waals surface area contributed by atoms with E-state index < -0.39 is 0 Å². The molecule has 0 saturated heterocycles. The summed E-state index contributed by atoms with van der Waals surface area (Å²) in [6, 6.07) is 19.2. The molecule has 1 aromatic heterocycles. The third-order valence-corrected chi connectivity index (χ3v) is 4.87. The van der Waals surface area contributed by atoms with Gasteiger partial charge in [-0.3, -0.25) is 4.79 Å². The fourth-order valence-corrected chi connectivity index (χ4v) is 3.26. The summed E-state index contributed by atoms with van der Waals surface area (Å²) in [4.78, 5) is 12.9. The van der Waals surface area contributed by atoms with Crippen LogP contribution in [-0.4, -0.2) is 12.5 Å². The van der Waals surface area contributed by atoms with Crippen LogP contribution in [0.4, 0.5) is 0 Å². The van der Waals surface area contributed by atoms with Gasteiger partial charge in [0.15, 0.2) is 0 Å². The standard InChI is InChI=1S/C20H18ClNO2S/c21-17-6-8-18(9-7-17)24-13-16-12-19(25-14-16)20(23)22-11-10-15-4-2-1-3-5-15/h1-9,12,14H,10-11,13H2,(H,22,23). The average molecular weight is 372 g/mol. The van der Waals surface area contributed by atoms with Crippen LogP contribution in [0.25, 0.3) is 0 Å². The lowest BCUT2D eigenvalue weighted by molar-refractivity contribution is 0.0958. The minimum Gasteiger partial charge on any atom is -0.489 e. The van der Waals surface area contributed by atoms with Crippen LogP contribution in [0.15, 0.2) is 66.0 Å². The maximum absolute atomic E-state index is 12.2. The first-order chi connectivity index (χ1) is 12.2. The quantitative estimate of drug-likeness (QED) is 0.638. The molecular weight excluding hydrogens is 354 g/mol. The van der Waals surface area contributed by atoms with Gasteiger partial charge in [0.1, 0.15) is 12.4 Å². The first kappa shape index (κ1) is 17.5. The van der Waals surface area contributed by atoms with Crippen LogP contribution in [-0.2, 0) is 13.0 Å². The Labute approximate surface area is 156 Å². The number of ether oxygens (including phenoxy) is 1. The van der Waals surface area contributed by atoms with E-state index in [0.29, 0.717) is 23.1 Å². The van der Waals surface area contributed by atoms with Gasteiger partial charge in [0.05, 0.1) is 4.88 Å². The Hall–Kier alpha value is -2.30. The molecule has 25 heavy (non-hydrogen) atoms. The number of amides is 1. The van der Waals surface area contributed by atoms with Crippen molar-refractivity contribution >= 4 is 28.8 Å². The lowest BCUT2D eigenvalue weighted by atomic mass is 10.1. The van der Waals surface area contributed by atoms with Crippen molar-refractivity contribution < 1.29 is 9.53 Å². The molecule has 0 aliphatic rings. The summed E-state index contributed by atoms with van der Waals surface area (Å²) in [6.45, 7) is 1.05. The van der Waals surface area contributed by atoms with Crippen LogP contribution in [0, 0.1) is 0 Å². The monoisotopic (exact) mass is 371 g/mol. The van der Waals surface area contributed by atoms with E-state index in [9.17, 15) is 4.79 Å². The first-order valence-electron chi connectivity index (χ1n) is 7.98. The molecule has 2 aromatic carbocycles. The van der Waals surface area contributed by atoms with Crippen LogP contribution in [0.5, 0.6) is 5.75 Å². The van der Waals surface area contributed by atoms with E-state index in [0.717, 1.165) is 17.7 Å². The maximum Gasteiger partial charge on any atom is 0.261 e. The van der Waals surface area contributed by atoms with E-state index >= 15 is 0 Å². The number of carbonyl (C=O) groups is 1. The summed E-state index contributed by atoms with van der Waals surface area (Å²) in [6.07, 6.45) is 0.824. The Morgan fingerprint density at radius 1 is 1.04 bits per heavy atom. The predicted molar refractivity (Wildman–Crippen MR) is 103 cm³/mol. The molecule has 0 atom stereocenters. The summed E-state index contributed by atoms with van der Waals surface area (Å²) in [7, 11) is 0. The zero-order valence-electron chi connectivity index (χ0n) is 13.6. The van der Waals surface area contributed by atoms with Crippen LogP contribution in [0.1, 0.15) is 20.8 Å². The molecule has 1 N–H and O–H groups in total. The Balaban J connectivity index is 1.47. The SMILES string of the molecule is O=C(NCCc1ccccc1)c1cc(COc2ccc(Cl)cc2)cs1. The maximum atomic E-state index is 12.2. The van der Waals surface area contributed by atoms with E-state index in [-0.39, 0.29) is 5.91 Å². The second-order valence-electron chi connectivity index (χ2n) is 5.55. The Bertz CT molecular complexity index is 815. The normalized spacial score (nSPS) is 10.4. The van der Waals surface area contributed by atoms with Crippen molar-refractivity contribution in [1.29, 1.82) is 0 Å². The van der Waals surface area contributed by atoms with Gasteiger partial charge in [-0.15, -0.1) is 11.3 Å². The van der Waals surface area contributed by atoms with E-state index in [1.165, 1.54) is 16.9 Å². The lowest BCUT2D eigenvalue weighted by Gasteiger charge is -2.05. The number of benzene rings is 2. The molecule has 0 unspecified atom stereocenters. The van der Waals surface area contributed by atoms with Crippen molar-refractivity contribution in [2.24, 2.45) is 0 Å². The number of nitrogens with one attached hydrogen (secondary N) is 1. The van der Waals surface area contributed by atoms with Crippen molar-refractivity contribution in [1.82, 2.24) is 5.32 Å². The average Bonchev–Trinajstić information content (AvgIpc) is 3.11. The summed E-state index contributed by atoms with van der Waals surface area (Å²) in [5.74, 6) is 0.711. The number of thiophene rings is 1. The Kier molecular flexibility index (Phi) is 6.09.